The lowest BCUT2D eigenvalue weighted by Gasteiger charge is -2.30. The molecule has 9 heteroatoms. The summed E-state index contributed by atoms with van der Waals surface area (Å²) in [4.78, 5) is 10.8. The van der Waals surface area contributed by atoms with Crippen molar-refractivity contribution in [1.82, 2.24) is 4.31 Å². The number of morpholine rings is 1. The molecule has 0 amide bonds. The second-order valence-corrected chi connectivity index (χ2v) is 5.89. The van der Waals surface area contributed by atoms with Crippen molar-refractivity contribution in [2.45, 2.75) is 17.2 Å². The van der Waals surface area contributed by atoms with Gasteiger partial charge in [0.05, 0.1) is 12.2 Å². The summed E-state index contributed by atoms with van der Waals surface area (Å²) in [5.41, 5.74) is -0.835. The van der Waals surface area contributed by atoms with Crippen LogP contribution in [0.1, 0.15) is 5.56 Å². The number of carbonyl (C=O) groups is 1. The first-order valence-electron chi connectivity index (χ1n) is 5.91. The summed E-state index contributed by atoms with van der Waals surface area (Å²) in [6.45, 7) is 0.507. The molecule has 21 heavy (non-hydrogen) atoms. The predicted octanol–water partition coefficient (Wildman–Crippen LogP) is 3.15. The first-order valence-corrected chi connectivity index (χ1v) is 7.06. The van der Waals surface area contributed by atoms with Gasteiger partial charge in [0.2, 0.25) is 0 Å². The number of alkyl halides is 3. The van der Waals surface area contributed by atoms with Crippen LogP contribution in [0.5, 0.6) is 0 Å². The molecule has 1 N–H and O–H groups in total. The molecule has 1 saturated heterocycles. The standard InChI is InChI=1S/C12H11ClF3NO3S/c13-7-1-2-10(8(5-7)12(14,15)16)21-17-3-4-20-9(6-17)11(18)19/h1-2,5,9H,3-4,6H2,(H,18,19). The molecule has 0 saturated carbocycles. The second kappa shape index (κ2) is 6.43. The van der Waals surface area contributed by atoms with Crippen molar-refractivity contribution in [3.8, 4) is 0 Å². The van der Waals surface area contributed by atoms with Gasteiger partial charge < -0.3 is 9.84 Å². The Morgan fingerprint density at radius 1 is 1.48 bits per heavy atom. The quantitative estimate of drug-likeness (QED) is 0.856. The molecule has 0 bridgehead atoms. The zero-order chi connectivity index (χ0) is 15.6. The van der Waals surface area contributed by atoms with Crippen LogP contribution in [0.2, 0.25) is 5.02 Å². The lowest BCUT2D eigenvalue weighted by Crippen LogP contribution is -2.42. The van der Waals surface area contributed by atoms with Crippen molar-refractivity contribution in [3.63, 3.8) is 0 Å². The van der Waals surface area contributed by atoms with Crippen molar-refractivity contribution < 1.29 is 27.8 Å². The molecule has 1 atom stereocenters. The van der Waals surface area contributed by atoms with Crippen LogP contribution in [0.25, 0.3) is 0 Å². The van der Waals surface area contributed by atoms with Crippen LogP contribution < -0.4 is 0 Å². The van der Waals surface area contributed by atoms with E-state index in [1.165, 1.54) is 12.1 Å². The predicted molar refractivity (Wildman–Crippen MR) is 71.3 cm³/mol. The first-order chi connectivity index (χ1) is 9.77. The lowest BCUT2D eigenvalue weighted by molar-refractivity contribution is -0.153. The number of rotatable bonds is 3. The number of halogens is 4. The van der Waals surface area contributed by atoms with Crippen LogP contribution in [0.15, 0.2) is 23.1 Å². The minimum atomic E-state index is -4.52. The van der Waals surface area contributed by atoms with Crippen molar-refractivity contribution in [2.75, 3.05) is 19.7 Å². The van der Waals surface area contributed by atoms with Crippen molar-refractivity contribution >= 4 is 29.5 Å². The SMILES string of the molecule is O=C(O)C1CN(Sc2ccc(Cl)cc2C(F)(F)F)CCO1. The van der Waals surface area contributed by atoms with Crippen LogP contribution in [-0.2, 0) is 15.7 Å². The van der Waals surface area contributed by atoms with E-state index in [2.05, 4.69) is 0 Å². The van der Waals surface area contributed by atoms with Gasteiger partial charge in [-0.1, -0.05) is 11.6 Å². The van der Waals surface area contributed by atoms with Crippen LogP contribution in [0.4, 0.5) is 13.2 Å². The summed E-state index contributed by atoms with van der Waals surface area (Å²) in [6, 6.07) is 3.51. The van der Waals surface area contributed by atoms with Gasteiger partial charge in [-0.25, -0.2) is 9.10 Å². The van der Waals surface area contributed by atoms with Crippen LogP contribution in [0.3, 0.4) is 0 Å². The number of benzene rings is 1. The van der Waals surface area contributed by atoms with E-state index in [1.807, 2.05) is 0 Å². The van der Waals surface area contributed by atoms with E-state index in [9.17, 15) is 18.0 Å². The second-order valence-electron chi connectivity index (χ2n) is 4.32. The molecule has 1 aromatic carbocycles. The third-order valence-corrected chi connectivity index (χ3v) is 4.16. The molecular formula is C12H11ClF3NO3S. The fourth-order valence-corrected chi connectivity index (χ4v) is 3.03. The van der Waals surface area contributed by atoms with Gasteiger partial charge in [-0.3, -0.25) is 0 Å². The monoisotopic (exact) mass is 341 g/mol. The van der Waals surface area contributed by atoms with Crippen LogP contribution >= 0.6 is 23.5 Å². The molecular weight excluding hydrogens is 331 g/mol. The Kier molecular flexibility index (Phi) is 5.03. The molecule has 1 fully saturated rings. The van der Waals surface area contributed by atoms with Gasteiger partial charge in [0.15, 0.2) is 6.10 Å². The van der Waals surface area contributed by atoms with Gasteiger partial charge in [0.25, 0.3) is 0 Å². The van der Waals surface area contributed by atoms with E-state index in [0.29, 0.717) is 6.54 Å². The summed E-state index contributed by atoms with van der Waals surface area (Å²) in [7, 11) is 0. The Morgan fingerprint density at radius 3 is 2.81 bits per heavy atom. The van der Waals surface area contributed by atoms with Gasteiger partial charge >= 0.3 is 12.1 Å². The number of ether oxygens (including phenoxy) is 1. The first kappa shape index (κ1) is 16.4. The molecule has 1 aliphatic rings. The van der Waals surface area contributed by atoms with Gasteiger partial charge in [0.1, 0.15) is 0 Å². The summed E-state index contributed by atoms with van der Waals surface area (Å²) >= 11 is 6.47. The smallest absolute Gasteiger partial charge is 0.417 e. The van der Waals surface area contributed by atoms with Gasteiger partial charge in [-0.15, -0.1) is 0 Å². The Bertz CT molecular complexity index is 541. The summed E-state index contributed by atoms with van der Waals surface area (Å²) < 4.78 is 45.5. The topological polar surface area (TPSA) is 49.8 Å². The number of hydrogen-bond donors (Lipinski definition) is 1. The average Bonchev–Trinajstić information content (AvgIpc) is 2.40. The molecule has 1 aromatic rings. The van der Waals surface area contributed by atoms with E-state index >= 15 is 0 Å². The largest absolute Gasteiger partial charge is 0.479 e. The summed E-state index contributed by atoms with van der Waals surface area (Å²) in [5.74, 6) is -1.13. The molecule has 116 valence electrons. The highest BCUT2D eigenvalue weighted by molar-refractivity contribution is 7.97. The highest BCUT2D eigenvalue weighted by Gasteiger charge is 2.35. The molecule has 1 aliphatic heterocycles. The Morgan fingerprint density at radius 2 is 2.19 bits per heavy atom. The number of aliphatic carboxylic acids is 1. The molecule has 0 aliphatic carbocycles. The van der Waals surface area contributed by atoms with Gasteiger partial charge in [-0.2, -0.15) is 13.2 Å². The van der Waals surface area contributed by atoms with Crippen molar-refractivity contribution in [1.29, 1.82) is 0 Å². The van der Waals surface area contributed by atoms with Crippen molar-refractivity contribution in [2.24, 2.45) is 0 Å². The zero-order valence-electron chi connectivity index (χ0n) is 10.6. The number of carboxylic acid groups (broad SMARTS) is 1. The third kappa shape index (κ3) is 4.26. The summed E-state index contributed by atoms with van der Waals surface area (Å²) in [5, 5.41) is 8.88. The normalized spacial score (nSPS) is 20.5. The highest BCUT2D eigenvalue weighted by atomic mass is 35.5. The van der Waals surface area contributed by atoms with E-state index < -0.39 is 23.8 Å². The Labute approximate surface area is 128 Å². The third-order valence-electron chi connectivity index (χ3n) is 2.78. The van der Waals surface area contributed by atoms with E-state index in [1.54, 1.807) is 4.31 Å². The fourth-order valence-electron chi connectivity index (χ4n) is 1.80. The van der Waals surface area contributed by atoms with Gasteiger partial charge in [0, 0.05) is 23.0 Å². The van der Waals surface area contributed by atoms with E-state index in [4.69, 9.17) is 21.4 Å². The van der Waals surface area contributed by atoms with E-state index in [-0.39, 0.29) is 23.1 Å². The fraction of sp³-hybridized carbons (Fsp3) is 0.417. The molecule has 0 spiro atoms. The van der Waals surface area contributed by atoms with E-state index in [0.717, 1.165) is 18.0 Å². The van der Waals surface area contributed by atoms with Gasteiger partial charge in [-0.05, 0) is 30.1 Å². The molecule has 1 unspecified atom stereocenters. The molecule has 0 aromatic heterocycles. The minimum Gasteiger partial charge on any atom is -0.479 e. The maximum absolute atomic E-state index is 13.0. The minimum absolute atomic E-state index is 0.00272. The average molecular weight is 342 g/mol. The molecule has 0 radical (unpaired) electrons. The maximum Gasteiger partial charge on any atom is 0.417 e. The number of hydrogen-bond acceptors (Lipinski definition) is 4. The Hall–Kier alpha value is -0.960. The number of nitrogens with zero attached hydrogens (tertiary/aromatic N) is 1. The molecule has 2 rings (SSSR count). The number of carboxylic acids is 1. The highest BCUT2D eigenvalue weighted by Crippen LogP contribution is 2.39. The van der Waals surface area contributed by atoms with Crippen LogP contribution in [0, 0.1) is 0 Å². The van der Waals surface area contributed by atoms with Crippen molar-refractivity contribution in [3.05, 3.63) is 28.8 Å². The molecule has 4 nitrogen and oxygen atoms in total. The lowest BCUT2D eigenvalue weighted by atomic mass is 10.2. The Balaban J connectivity index is 2.18. The summed E-state index contributed by atoms with van der Waals surface area (Å²) in [6.07, 6.45) is -5.56. The molecule has 1 heterocycles. The zero-order valence-corrected chi connectivity index (χ0v) is 12.1. The maximum atomic E-state index is 13.0. The van der Waals surface area contributed by atoms with Crippen LogP contribution in [-0.4, -0.2) is 41.2 Å².